The van der Waals surface area contributed by atoms with Crippen LogP contribution >= 0.6 is 0 Å². The number of rotatable bonds is 6. The second-order valence-corrected chi connectivity index (χ2v) is 5.35. The summed E-state index contributed by atoms with van der Waals surface area (Å²) in [6, 6.07) is 6.39. The summed E-state index contributed by atoms with van der Waals surface area (Å²) in [6.45, 7) is 4.72. The molecule has 1 aromatic heterocycles. The van der Waals surface area contributed by atoms with Crippen LogP contribution in [0.3, 0.4) is 0 Å². The van der Waals surface area contributed by atoms with E-state index in [9.17, 15) is 0 Å². The Labute approximate surface area is 120 Å². The maximum atomic E-state index is 5.91. The molecule has 2 rings (SSSR count). The van der Waals surface area contributed by atoms with Crippen LogP contribution in [0, 0.1) is 6.92 Å². The quantitative estimate of drug-likeness (QED) is 0.878. The fourth-order valence-electron chi connectivity index (χ4n) is 2.25. The van der Waals surface area contributed by atoms with Crippen molar-refractivity contribution >= 4 is 0 Å². The molecule has 0 saturated heterocycles. The van der Waals surface area contributed by atoms with Gasteiger partial charge in [0.05, 0.1) is 6.61 Å². The summed E-state index contributed by atoms with van der Waals surface area (Å²) in [5.74, 6) is 1.97. The smallest absolute Gasteiger partial charge is 0.122 e. The second kappa shape index (κ2) is 6.57. The van der Waals surface area contributed by atoms with Crippen molar-refractivity contribution in [2.45, 2.75) is 32.7 Å². The SMILES string of the molecule is Cc1ccc(OCCc2nccn2C)c(CC(C)N)c1. The first-order chi connectivity index (χ1) is 9.56. The molecule has 0 fully saturated rings. The minimum absolute atomic E-state index is 0.133. The Morgan fingerprint density at radius 1 is 1.40 bits per heavy atom. The molecule has 1 unspecified atom stereocenters. The van der Waals surface area contributed by atoms with Gasteiger partial charge in [-0.05, 0) is 31.9 Å². The molecule has 0 aliphatic heterocycles. The Morgan fingerprint density at radius 3 is 2.85 bits per heavy atom. The Hall–Kier alpha value is -1.81. The third kappa shape index (κ3) is 3.84. The molecule has 0 aliphatic carbocycles. The second-order valence-electron chi connectivity index (χ2n) is 5.35. The highest BCUT2D eigenvalue weighted by Crippen LogP contribution is 2.21. The first-order valence-electron chi connectivity index (χ1n) is 7.00. The van der Waals surface area contributed by atoms with Crippen LogP contribution in [0.25, 0.3) is 0 Å². The Bertz CT molecular complexity index is 561. The summed E-state index contributed by atoms with van der Waals surface area (Å²) >= 11 is 0. The van der Waals surface area contributed by atoms with Crippen molar-refractivity contribution in [2.75, 3.05) is 6.61 Å². The van der Waals surface area contributed by atoms with Crippen LogP contribution in [0.2, 0.25) is 0 Å². The van der Waals surface area contributed by atoms with Gasteiger partial charge in [-0.25, -0.2) is 4.98 Å². The molecule has 20 heavy (non-hydrogen) atoms. The van der Waals surface area contributed by atoms with Crippen molar-refractivity contribution in [2.24, 2.45) is 12.8 Å². The number of nitrogens with zero attached hydrogens (tertiary/aromatic N) is 2. The Balaban J connectivity index is 2.00. The van der Waals surface area contributed by atoms with Crippen LogP contribution in [-0.4, -0.2) is 22.2 Å². The van der Waals surface area contributed by atoms with Crippen molar-refractivity contribution in [3.05, 3.63) is 47.5 Å². The Morgan fingerprint density at radius 2 is 2.20 bits per heavy atom. The van der Waals surface area contributed by atoms with Crippen LogP contribution < -0.4 is 10.5 Å². The Kier molecular flexibility index (Phi) is 4.79. The van der Waals surface area contributed by atoms with Crippen molar-refractivity contribution in [1.82, 2.24) is 9.55 Å². The summed E-state index contributed by atoms with van der Waals surface area (Å²) < 4.78 is 7.93. The maximum Gasteiger partial charge on any atom is 0.122 e. The van der Waals surface area contributed by atoms with Gasteiger partial charge in [-0.15, -0.1) is 0 Å². The van der Waals surface area contributed by atoms with Crippen molar-refractivity contribution in [3.8, 4) is 5.75 Å². The van der Waals surface area contributed by atoms with Gasteiger partial charge in [0.1, 0.15) is 11.6 Å². The first-order valence-corrected chi connectivity index (χ1v) is 7.00. The lowest BCUT2D eigenvalue weighted by atomic mass is 10.0. The van der Waals surface area contributed by atoms with Crippen molar-refractivity contribution in [1.29, 1.82) is 0 Å². The third-order valence-corrected chi connectivity index (χ3v) is 3.26. The van der Waals surface area contributed by atoms with E-state index in [1.54, 1.807) is 0 Å². The summed E-state index contributed by atoms with van der Waals surface area (Å²) in [4.78, 5) is 4.29. The van der Waals surface area contributed by atoms with Crippen LogP contribution in [0.1, 0.15) is 23.9 Å². The highest BCUT2D eigenvalue weighted by atomic mass is 16.5. The number of nitrogens with two attached hydrogens (primary N) is 1. The first kappa shape index (κ1) is 14.6. The van der Waals surface area contributed by atoms with E-state index in [-0.39, 0.29) is 6.04 Å². The van der Waals surface area contributed by atoms with E-state index in [0.717, 1.165) is 24.4 Å². The van der Waals surface area contributed by atoms with Gasteiger partial charge >= 0.3 is 0 Å². The van der Waals surface area contributed by atoms with Gasteiger partial charge in [0.2, 0.25) is 0 Å². The van der Waals surface area contributed by atoms with Crippen LogP contribution in [0.4, 0.5) is 0 Å². The molecule has 108 valence electrons. The lowest BCUT2D eigenvalue weighted by molar-refractivity contribution is 0.313. The third-order valence-electron chi connectivity index (χ3n) is 3.26. The largest absolute Gasteiger partial charge is 0.493 e. The van der Waals surface area contributed by atoms with Gasteiger partial charge in [-0.3, -0.25) is 0 Å². The number of imidazole rings is 1. The standard InChI is InChI=1S/C16H23N3O/c1-12-4-5-15(14(10-12)11-13(2)17)20-9-6-16-18-7-8-19(16)3/h4-5,7-8,10,13H,6,9,11,17H2,1-3H3. The van der Waals surface area contributed by atoms with Crippen molar-refractivity contribution in [3.63, 3.8) is 0 Å². The molecule has 1 atom stereocenters. The zero-order valence-electron chi connectivity index (χ0n) is 12.5. The zero-order chi connectivity index (χ0) is 14.5. The van der Waals surface area contributed by atoms with E-state index in [0.29, 0.717) is 6.61 Å². The van der Waals surface area contributed by atoms with Gasteiger partial charge in [0, 0.05) is 31.9 Å². The molecular formula is C16H23N3O. The van der Waals surface area contributed by atoms with Crippen LogP contribution in [0.15, 0.2) is 30.6 Å². The predicted molar refractivity (Wildman–Crippen MR) is 80.9 cm³/mol. The summed E-state index contributed by atoms with van der Waals surface area (Å²) in [7, 11) is 2.00. The summed E-state index contributed by atoms with van der Waals surface area (Å²) in [6.07, 6.45) is 5.39. The zero-order valence-corrected chi connectivity index (χ0v) is 12.5. The average Bonchev–Trinajstić information content (AvgIpc) is 2.77. The number of aryl methyl sites for hydroxylation is 2. The molecule has 4 nitrogen and oxygen atoms in total. The van der Waals surface area contributed by atoms with E-state index in [4.69, 9.17) is 10.5 Å². The fraction of sp³-hybridized carbons (Fsp3) is 0.438. The van der Waals surface area contributed by atoms with Gasteiger partial charge in [0.15, 0.2) is 0 Å². The van der Waals surface area contributed by atoms with E-state index >= 15 is 0 Å². The van der Waals surface area contributed by atoms with Crippen LogP contribution in [-0.2, 0) is 19.9 Å². The van der Waals surface area contributed by atoms with Crippen LogP contribution in [0.5, 0.6) is 5.75 Å². The average molecular weight is 273 g/mol. The van der Waals surface area contributed by atoms with E-state index in [1.165, 1.54) is 11.1 Å². The van der Waals surface area contributed by atoms with Crippen molar-refractivity contribution < 1.29 is 4.74 Å². The molecule has 1 heterocycles. The molecule has 0 spiro atoms. The van der Waals surface area contributed by atoms with Gasteiger partial charge < -0.3 is 15.0 Å². The number of hydrogen-bond acceptors (Lipinski definition) is 3. The highest BCUT2D eigenvalue weighted by Gasteiger charge is 2.07. The van der Waals surface area contributed by atoms with Gasteiger partial charge in [0.25, 0.3) is 0 Å². The molecule has 1 aromatic carbocycles. The number of benzene rings is 1. The molecule has 2 N–H and O–H groups in total. The van der Waals surface area contributed by atoms with E-state index < -0.39 is 0 Å². The molecular weight excluding hydrogens is 250 g/mol. The minimum Gasteiger partial charge on any atom is -0.493 e. The highest BCUT2D eigenvalue weighted by molar-refractivity contribution is 5.37. The molecule has 0 saturated carbocycles. The summed E-state index contributed by atoms with van der Waals surface area (Å²) in [5.41, 5.74) is 8.31. The maximum absolute atomic E-state index is 5.91. The van der Waals surface area contributed by atoms with E-state index in [2.05, 4.69) is 24.0 Å². The normalized spacial score (nSPS) is 12.4. The lowest BCUT2D eigenvalue weighted by Gasteiger charge is -2.14. The minimum atomic E-state index is 0.133. The molecule has 0 radical (unpaired) electrons. The molecule has 4 heteroatoms. The van der Waals surface area contributed by atoms with E-state index in [1.807, 2.05) is 37.0 Å². The monoisotopic (exact) mass is 273 g/mol. The van der Waals surface area contributed by atoms with Gasteiger partial charge in [-0.1, -0.05) is 17.7 Å². The number of hydrogen-bond donors (Lipinski definition) is 1. The molecule has 0 aliphatic rings. The molecule has 2 aromatic rings. The van der Waals surface area contributed by atoms with Gasteiger partial charge in [-0.2, -0.15) is 0 Å². The molecule has 0 bridgehead atoms. The number of aromatic nitrogens is 2. The number of ether oxygens (including phenoxy) is 1. The lowest BCUT2D eigenvalue weighted by Crippen LogP contribution is -2.18. The fourth-order valence-corrected chi connectivity index (χ4v) is 2.25. The molecule has 0 amide bonds. The summed E-state index contributed by atoms with van der Waals surface area (Å²) in [5, 5.41) is 0. The predicted octanol–water partition coefficient (Wildman–Crippen LogP) is 2.24. The topological polar surface area (TPSA) is 53.1 Å².